The molecular weight excluding hydrogens is 468 g/mol. The fourth-order valence-corrected chi connectivity index (χ4v) is 5.36. The molecule has 0 saturated heterocycles. The van der Waals surface area contributed by atoms with Crippen molar-refractivity contribution in [3.05, 3.63) is 99.1 Å². The number of hydrogen-bond donors (Lipinski definition) is 1. The first-order valence-electron chi connectivity index (χ1n) is 11.2. The van der Waals surface area contributed by atoms with Gasteiger partial charge in [-0.25, -0.2) is 8.42 Å². The van der Waals surface area contributed by atoms with Gasteiger partial charge in [-0.05, 0) is 86.7 Å². The van der Waals surface area contributed by atoms with Crippen molar-refractivity contribution in [1.29, 1.82) is 0 Å². The second-order valence-electron chi connectivity index (χ2n) is 8.79. The molecule has 0 aliphatic rings. The molecule has 0 fully saturated rings. The quantitative estimate of drug-likeness (QED) is 0.437. The lowest BCUT2D eigenvalue weighted by atomic mass is 9.96. The molecular formula is C27H31ClN2O3S. The van der Waals surface area contributed by atoms with Crippen LogP contribution in [0.25, 0.3) is 0 Å². The predicted octanol–water partition coefficient (Wildman–Crippen LogP) is 5.64. The van der Waals surface area contributed by atoms with E-state index in [1.54, 1.807) is 48.5 Å². The Balaban J connectivity index is 1.85. The van der Waals surface area contributed by atoms with Crippen LogP contribution in [0.2, 0.25) is 5.02 Å². The summed E-state index contributed by atoms with van der Waals surface area (Å²) in [6.45, 7) is 9.66. The van der Waals surface area contributed by atoms with Crippen molar-refractivity contribution in [2.45, 2.75) is 52.1 Å². The number of nitrogens with zero attached hydrogens (tertiary/aromatic N) is 1. The number of nitrogens with one attached hydrogen (secondary N) is 1. The highest BCUT2D eigenvalue weighted by molar-refractivity contribution is 7.89. The van der Waals surface area contributed by atoms with Gasteiger partial charge in [0.2, 0.25) is 15.9 Å². The molecule has 1 amide bonds. The van der Waals surface area contributed by atoms with Crippen molar-refractivity contribution >= 4 is 27.5 Å². The molecule has 3 aromatic rings. The second-order valence-corrected chi connectivity index (χ2v) is 11.2. The molecule has 0 heterocycles. The largest absolute Gasteiger partial charge is 0.348 e. The summed E-state index contributed by atoms with van der Waals surface area (Å²) in [5.74, 6) is -0.366. The predicted molar refractivity (Wildman–Crippen MR) is 137 cm³/mol. The second kappa shape index (κ2) is 10.7. The Hall–Kier alpha value is -2.67. The third kappa shape index (κ3) is 6.26. The average molecular weight is 499 g/mol. The standard InChI is InChI=1S/C27H31ClN2O3S/c1-18-6-12-25(13-7-18)34(32,33)30(16-23-8-10-24(28)11-9-23)17-27(31)29-22(5)26-15-20(3)19(2)14-21(26)4/h6-15,22H,16-17H2,1-5H3,(H,29,31). The Morgan fingerprint density at radius 2 is 1.50 bits per heavy atom. The number of amides is 1. The molecule has 0 aliphatic carbocycles. The highest BCUT2D eigenvalue weighted by atomic mass is 35.5. The lowest BCUT2D eigenvalue weighted by Gasteiger charge is -2.24. The molecule has 0 saturated carbocycles. The van der Waals surface area contributed by atoms with Gasteiger partial charge in [-0.15, -0.1) is 0 Å². The Labute approximate surface area is 207 Å². The zero-order valence-corrected chi connectivity index (χ0v) is 21.8. The minimum atomic E-state index is -3.90. The third-order valence-electron chi connectivity index (χ3n) is 5.98. The molecule has 1 atom stereocenters. The van der Waals surface area contributed by atoms with E-state index in [9.17, 15) is 13.2 Å². The van der Waals surface area contributed by atoms with Gasteiger partial charge >= 0.3 is 0 Å². The summed E-state index contributed by atoms with van der Waals surface area (Å²) in [6, 6.07) is 17.5. The van der Waals surface area contributed by atoms with E-state index in [0.717, 1.165) is 27.8 Å². The molecule has 1 N–H and O–H groups in total. The van der Waals surface area contributed by atoms with Gasteiger partial charge in [0.05, 0.1) is 17.5 Å². The average Bonchev–Trinajstić information content (AvgIpc) is 2.77. The normalized spacial score (nSPS) is 12.6. The van der Waals surface area contributed by atoms with Gasteiger partial charge in [-0.3, -0.25) is 4.79 Å². The van der Waals surface area contributed by atoms with Crippen LogP contribution in [-0.2, 0) is 21.4 Å². The Bertz CT molecular complexity index is 1270. The number of aryl methyl sites for hydroxylation is 4. The van der Waals surface area contributed by atoms with Crippen LogP contribution in [0.5, 0.6) is 0 Å². The molecule has 7 heteroatoms. The van der Waals surface area contributed by atoms with Gasteiger partial charge in [0, 0.05) is 11.6 Å². The van der Waals surface area contributed by atoms with Gasteiger partial charge in [-0.1, -0.05) is 53.6 Å². The highest BCUT2D eigenvalue weighted by Gasteiger charge is 2.27. The molecule has 3 rings (SSSR count). The van der Waals surface area contributed by atoms with E-state index in [1.165, 1.54) is 9.87 Å². The number of benzene rings is 3. The Morgan fingerprint density at radius 3 is 2.12 bits per heavy atom. The van der Waals surface area contributed by atoms with Crippen molar-refractivity contribution in [3.63, 3.8) is 0 Å². The lowest BCUT2D eigenvalue weighted by Crippen LogP contribution is -2.41. The summed E-state index contributed by atoms with van der Waals surface area (Å²) in [7, 11) is -3.90. The first kappa shape index (κ1) is 25.9. The minimum absolute atomic E-state index is 0.0534. The fraction of sp³-hybridized carbons (Fsp3) is 0.296. The lowest BCUT2D eigenvalue weighted by molar-refractivity contribution is -0.122. The van der Waals surface area contributed by atoms with Crippen LogP contribution < -0.4 is 5.32 Å². The maximum Gasteiger partial charge on any atom is 0.243 e. The van der Waals surface area contributed by atoms with Crippen LogP contribution in [0.3, 0.4) is 0 Å². The van der Waals surface area contributed by atoms with Crippen molar-refractivity contribution < 1.29 is 13.2 Å². The topological polar surface area (TPSA) is 66.5 Å². The molecule has 180 valence electrons. The zero-order chi connectivity index (χ0) is 25.0. The van der Waals surface area contributed by atoms with Crippen LogP contribution in [0.15, 0.2) is 65.6 Å². The van der Waals surface area contributed by atoms with E-state index in [-0.39, 0.29) is 29.9 Å². The molecule has 1 unspecified atom stereocenters. The molecule has 0 aromatic heterocycles. The third-order valence-corrected chi connectivity index (χ3v) is 8.04. The minimum Gasteiger partial charge on any atom is -0.348 e. The van der Waals surface area contributed by atoms with Crippen LogP contribution in [0, 0.1) is 27.7 Å². The van der Waals surface area contributed by atoms with Gasteiger partial charge in [0.25, 0.3) is 0 Å². The van der Waals surface area contributed by atoms with E-state index in [0.29, 0.717) is 5.02 Å². The summed E-state index contributed by atoms with van der Waals surface area (Å²) >= 11 is 5.99. The van der Waals surface area contributed by atoms with Crippen LogP contribution in [-0.4, -0.2) is 25.2 Å². The molecule has 5 nitrogen and oxygen atoms in total. The van der Waals surface area contributed by atoms with Gasteiger partial charge in [-0.2, -0.15) is 4.31 Å². The fourth-order valence-electron chi connectivity index (χ4n) is 3.85. The Kier molecular flexibility index (Phi) is 8.18. The summed E-state index contributed by atoms with van der Waals surface area (Å²) in [4.78, 5) is 13.2. The summed E-state index contributed by atoms with van der Waals surface area (Å²) in [5.41, 5.74) is 6.14. The Morgan fingerprint density at radius 1 is 0.912 bits per heavy atom. The maximum absolute atomic E-state index is 13.5. The van der Waals surface area contributed by atoms with Crippen molar-refractivity contribution in [2.75, 3.05) is 6.54 Å². The monoisotopic (exact) mass is 498 g/mol. The first-order valence-corrected chi connectivity index (χ1v) is 13.0. The van der Waals surface area contributed by atoms with Crippen molar-refractivity contribution in [3.8, 4) is 0 Å². The number of rotatable bonds is 8. The zero-order valence-electron chi connectivity index (χ0n) is 20.2. The molecule has 0 spiro atoms. The van der Waals surface area contributed by atoms with Gasteiger partial charge in [0.15, 0.2) is 0 Å². The molecule has 34 heavy (non-hydrogen) atoms. The first-order chi connectivity index (χ1) is 16.0. The summed E-state index contributed by atoms with van der Waals surface area (Å²) in [6.07, 6.45) is 0. The van der Waals surface area contributed by atoms with E-state index in [4.69, 9.17) is 11.6 Å². The van der Waals surface area contributed by atoms with Gasteiger partial charge < -0.3 is 5.32 Å². The molecule has 3 aromatic carbocycles. The number of hydrogen-bond acceptors (Lipinski definition) is 3. The number of carbonyl (C=O) groups excluding carboxylic acids is 1. The van der Waals surface area contributed by atoms with Crippen LogP contribution >= 0.6 is 11.6 Å². The smallest absolute Gasteiger partial charge is 0.243 e. The van der Waals surface area contributed by atoms with Crippen LogP contribution in [0.4, 0.5) is 0 Å². The van der Waals surface area contributed by atoms with E-state index in [2.05, 4.69) is 24.4 Å². The number of sulfonamides is 1. The van der Waals surface area contributed by atoms with Crippen LogP contribution in [0.1, 0.15) is 46.3 Å². The van der Waals surface area contributed by atoms with E-state index < -0.39 is 10.0 Å². The number of carbonyl (C=O) groups is 1. The molecule has 0 aliphatic heterocycles. The SMILES string of the molecule is Cc1ccc(S(=O)(=O)N(CC(=O)NC(C)c2cc(C)c(C)cc2C)Cc2ccc(Cl)cc2)cc1. The van der Waals surface area contributed by atoms with Crippen molar-refractivity contribution in [1.82, 2.24) is 9.62 Å². The van der Waals surface area contributed by atoms with Gasteiger partial charge in [0.1, 0.15) is 0 Å². The maximum atomic E-state index is 13.5. The highest BCUT2D eigenvalue weighted by Crippen LogP contribution is 2.23. The number of halogens is 1. The summed E-state index contributed by atoms with van der Waals surface area (Å²) < 4.78 is 28.1. The molecule has 0 bridgehead atoms. The van der Waals surface area contributed by atoms with Crippen molar-refractivity contribution in [2.24, 2.45) is 0 Å². The molecule has 0 radical (unpaired) electrons. The summed E-state index contributed by atoms with van der Waals surface area (Å²) in [5, 5.41) is 3.54. The van der Waals surface area contributed by atoms with E-state index in [1.807, 2.05) is 27.7 Å². The van der Waals surface area contributed by atoms with E-state index >= 15 is 0 Å².